The third kappa shape index (κ3) is 3.99. The Labute approximate surface area is 131 Å². The van der Waals surface area contributed by atoms with Gasteiger partial charge in [0.15, 0.2) is 0 Å². The van der Waals surface area contributed by atoms with Crippen LogP contribution in [0.3, 0.4) is 0 Å². The smallest absolute Gasteiger partial charge is 0.238 e. The monoisotopic (exact) mass is 308 g/mol. The zero-order valence-electron chi connectivity index (χ0n) is 13.2. The molecule has 1 aliphatic heterocycles. The molecule has 5 heteroatoms. The first-order chi connectivity index (χ1) is 9.96. The maximum absolute atomic E-state index is 12.2. The fourth-order valence-corrected chi connectivity index (χ4v) is 3.06. The minimum absolute atomic E-state index is 0.0619. The standard InChI is InChI=1S/C16H24N2O2S/c1-5-20-16(2,3)11-18-14(19)10-17-15(18)12-6-8-13(21-4)9-7-12/h6-9,15,17H,5,10-11H2,1-4H3. The van der Waals surface area contributed by atoms with Crippen LogP contribution in [0.1, 0.15) is 32.5 Å². The summed E-state index contributed by atoms with van der Waals surface area (Å²) in [6, 6.07) is 8.36. The molecule has 0 bridgehead atoms. The van der Waals surface area contributed by atoms with Crippen molar-refractivity contribution in [2.24, 2.45) is 0 Å². The molecule has 21 heavy (non-hydrogen) atoms. The van der Waals surface area contributed by atoms with Gasteiger partial charge in [-0.05, 0) is 44.7 Å². The van der Waals surface area contributed by atoms with Gasteiger partial charge in [-0.15, -0.1) is 11.8 Å². The van der Waals surface area contributed by atoms with Gasteiger partial charge in [-0.25, -0.2) is 0 Å². The van der Waals surface area contributed by atoms with Gasteiger partial charge < -0.3 is 9.64 Å². The van der Waals surface area contributed by atoms with Crippen molar-refractivity contribution in [1.82, 2.24) is 10.2 Å². The van der Waals surface area contributed by atoms with Crippen LogP contribution < -0.4 is 5.32 Å². The lowest BCUT2D eigenvalue weighted by atomic mass is 10.1. The SMILES string of the molecule is CCOC(C)(C)CN1C(=O)CNC1c1ccc(SC)cc1. The van der Waals surface area contributed by atoms with Crippen LogP contribution in [0.5, 0.6) is 0 Å². The average molecular weight is 308 g/mol. The van der Waals surface area contributed by atoms with Gasteiger partial charge in [-0.3, -0.25) is 10.1 Å². The van der Waals surface area contributed by atoms with Crippen LogP contribution in [0.25, 0.3) is 0 Å². The molecule has 4 nitrogen and oxygen atoms in total. The maximum Gasteiger partial charge on any atom is 0.238 e. The van der Waals surface area contributed by atoms with Gasteiger partial charge in [0.2, 0.25) is 5.91 Å². The second-order valence-corrected chi connectivity index (χ2v) is 6.65. The minimum atomic E-state index is -0.339. The second-order valence-electron chi connectivity index (χ2n) is 5.77. The molecule has 0 aliphatic carbocycles. The van der Waals surface area contributed by atoms with Gasteiger partial charge in [0.25, 0.3) is 0 Å². The second kappa shape index (κ2) is 6.81. The van der Waals surface area contributed by atoms with E-state index in [1.165, 1.54) is 4.90 Å². The van der Waals surface area contributed by atoms with Crippen LogP contribution in [0.4, 0.5) is 0 Å². The molecule has 1 aliphatic rings. The molecule has 1 N–H and O–H groups in total. The molecule has 0 radical (unpaired) electrons. The van der Waals surface area contributed by atoms with E-state index in [1.54, 1.807) is 11.8 Å². The van der Waals surface area contributed by atoms with Gasteiger partial charge in [-0.2, -0.15) is 0 Å². The number of hydrogen-bond acceptors (Lipinski definition) is 4. The van der Waals surface area contributed by atoms with E-state index in [0.717, 1.165) is 5.56 Å². The first kappa shape index (κ1) is 16.3. The quantitative estimate of drug-likeness (QED) is 0.820. The first-order valence-electron chi connectivity index (χ1n) is 7.27. The number of benzene rings is 1. The molecule has 116 valence electrons. The lowest BCUT2D eigenvalue weighted by Gasteiger charge is -2.33. The highest BCUT2D eigenvalue weighted by Gasteiger charge is 2.35. The van der Waals surface area contributed by atoms with E-state index in [-0.39, 0.29) is 17.7 Å². The topological polar surface area (TPSA) is 41.6 Å². The van der Waals surface area contributed by atoms with Crippen LogP contribution in [0.2, 0.25) is 0 Å². The summed E-state index contributed by atoms with van der Waals surface area (Å²) in [4.78, 5) is 15.3. The Bertz CT molecular complexity index is 488. The Morgan fingerprint density at radius 3 is 2.62 bits per heavy atom. The van der Waals surface area contributed by atoms with E-state index in [2.05, 4.69) is 35.8 Å². The van der Waals surface area contributed by atoms with Crippen LogP contribution in [-0.2, 0) is 9.53 Å². The predicted molar refractivity (Wildman–Crippen MR) is 86.4 cm³/mol. The normalized spacial score (nSPS) is 19.3. The van der Waals surface area contributed by atoms with Gasteiger partial charge in [-0.1, -0.05) is 12.1 Å². The Kier molecular flexibility index (Phi) is 5.30. The molecule has 2 rings (SSSR count). The zero-order chi connectivity index (χ0) is 15.5. The summed E-state index contributed by atoms with van der Waals surface area (Å²) in [7, 11) is 0. The Morgan fingerprint density at radius 1 is 1.38 bits per heavy atom. The van der Waals surface area contributed by atoms with Crippen molar-refractivity contribution >= 4 is 17.7 Å². The predicted octanol–water partition coefficient (Wildman–Crippen LogP) is 2.65. The van der Waals surface area contributed by atoms with Crippen LogP contribution >= 0.6 is 11.8 Å². The van der Waals surface area contributed by atoms with Crippen molar-refractivity contribution in [2.45, 2.75) is 37.4 Å². The molecular weight excluding hydrogens is 284 g/mol. The molecule has 1 atom stereocenters. The number of hydrogen-bond donors (Lipinski definition) is 1. The summed E-state index contributed by atoms with van der Waals surface area (Å²) in [5, 5.41) is 3.29. The van der Waals surface area contributed by atoms with Crippen LogP contribution in [0, 0.1) is 0 Å². The number of amides is 1. The average Bonchev–Trinajstić information content (AvgIpc) is 2.80. The van der Waals surface area contributed by atoms with Crippen molar-refractivity contribution in [3.05, 3.63) is 29.8 Å². The fraction of sp³-hybridized carbons (Fsp3) is 0.562. The fourth-order valence-electron chi connectivity index (χ4n) is 2.65. The summed E-state index contributed by atoms with van der Waals surface area (Å²) >= 11 is 1.72. The van der Waals surface area contributed by atoms with Crippen LogP contribution in [0.15, 0.2) is 29.2 Å². The van der Waals surface area contributed by atoms with E-state index in [1.807, 2.05) is 25.7 Å². The number of nitrogens with zero attached hydrogens (tertiary/aromatic N) is 1. The summed E-state index contributed by atoms with van der Waals surface area (Å²) in [5.41, 5.74) is 0.777. The Hall–Kier alpha value is -1.04. The molecule has 1 saturated heterocycles. The summed E-state index contributed by atoms with van der Waals surface area (Å²) in [6.07, 6.45) is 2.00. The van der Waals surface area contributed by atoms with Gasteiger partial charge in [0.05, 0.1) is 18.7 Å². The van der Waals surface area contributed by atoms with E-state index in [0.29, 0.717) is 19.7 Å². The number of rotatable bonds is 6. The summed E-state index contributed by atoms with van der Waals surface area (Å²) < 4.78 is 5.74. The van der Waals surface area contributed by atoms with Gasteiger partial charge in [0.1, 0.15) is 6.17 Å². The molecule has 1 fully saturated rings. The number of nitrogens with one attached hydrogen (secondary N) is 1. The lowest BCUT2D eigenvalue weighted by Crippen LogP contribution is -2.43. The number of thioether (sulfide) groups is 1. The molecule has 0 aromatic heterocycles. The van der Waals surface area contributed by atoms with E-state index in [9.17, 15) is 4.79 Å². The van der Waals surface area contributed by atoms with Crippen molar-refractivity contribution in [3.63, 3.8) is 0 Å². The zero-order valence-corrected chi connectivity index (χ0v) is 14.0. The highest BCUT2D eigenvalue weighted by Crippen LogP contribution is 2.27. The third-order valence-electron chi connectivity index (χ3n) is 3.60. The van der Waals surface area contributed by atoms with Gasteiger partial charge in [0, 0.05) is 11.5 Å². The van der Waals surface area contributed by atoms with E-state index in [4.69, 9.17) is 4.74 Å². The molecule has 1 aromatic rings. The molecule has 1 heterocycles. The Balaban J connectivity index is 2.15. The summed E-state index contributed by atoms with van der Waals surface area (Å²) in [5.74, 6) is 0.127. The number of carbonyl (C=O) groups excluding carboxylic acids is 1. The molecular formula is C16H24N2O2S. The summed E-state index contributed by atoms with van der Waals surface area (Å²) in [6.45, 7) is 7.64. The minimum Gasteiger partial charge on any atom is -0.374 e. The third-order valence-corrected chi connectivity index (χ3v) is 4.34. The lowest BCUT2D eigenvalue weighted by molar-refractivity contribution is -0.132. The molecule has 0 spiro atoms. The van der Waals surface area contributed by atoms with Crippen molar-refractivity contribution in [2.75, 3.05) is 26.0 Å². The van der Waals surface area contributed by atoms with Gasteiger partial charge >= 0.3 is 0 Å². The largest absolute Gasteiger partial charge is 0.374 e. The number of carbonyl (C=O) groups is 1. The molecule has 1 unspecified atom stereocenters. The van der Waals surface area contributed by atoms with Crippen LogP contribution in [-0.4, -0.2) is 42.4 Å². The molecule has 1 aromatic carbocycles. The number of ether oxygens (including phenoxy) is 1. The highest BCUT2D eigenvalue weighted by atomic mass is 32.2. The maximum atomic E-state index is 12.2. The van der Waals surface area contributed by atoms with E-state index >= 15 is 0 Å². The van der Waals surface area contributed by atoms with Crippen molar-refractivity contribution in [3.8, 4) is 0 Å². The Morgan fingerprint density at radius 2 is 2.05 bits per heavy atom. The first-order valence-corrected chi connectivity index (χ1v) is 8.50. The highest BCUT2D eigenvalue weighted by molar-refractivity contribution is 7.98. The molecule has 0 saturated carbocycles. The van der Waals surface area contributed by atoms with E-state index < -0.39 is 0 Å². The molecule has 1 amide bonds. The van der Waals surface area contributed by atoms with Crippen molar-refractivity contribution < 1.29 is 9.53 Å². The van der Waals surface area contributed by atoms with Crippen molar-refractivity contribution in [1.29, 1.82) is 0 Å².